The highest BCUT2D eigenvalue weighted by Crippen LogP contribution is 2.46. The zero-order valence-electron chi connectivity index (χ0n) is 19.6. The lowest BCUT2D eigenvalue weighted by Gasteiger charge is -2.32. The van der Waals surface area contributed by atoms with Gasteiger partial charge >= 0.3 is 6.09 Å². The number of ether oxygens (including phenoxy) is 1. The van der Waals surface area contributed by atoms with E-state index in [4.69, 9.17) is 4.74 Å². The number of likely N-dealkylation sites (tertiary alicyclic amines) is 1. The summed E-state index contributed by atoms with van der Waals surface area (Å²) in [5.41, 5.74) is 1.44. The number of hydrogen-bond donors (Lipinski definition) is 1. The molecule has 1 unspecified atom stereocenters. The van der Waals surface area contributed by atoms with Crippen LogP contribution >= 0.6 is 0 Å². The molecular weight excluding hydrogens is 444 g/mol. The Morgan fingerprint density at radius 2 is 1.91 bits per heavy atom. The van der Waals surface area contributed by atoms with E-state index in [1.54, 1.807) is 7.05 Å². The maximum Gasteiger partial charge on any atom is 0.410 e. The van der Waals surface area contributed by atoms with E-state index in [1.165, 1.54) is 9.80 Å². The molecule has 3 atom stereocenters. The van der Waals surface area contributed by atoms with Crippen molar-refractivity contribution in [3.05, 3.63) is 65.7 Å². The monoisotopic (exact) mass is 472 g/mol. The highest BCUT2D eigenvalue weighted by molar-refractivity contribution is 6.07. The van der Waals surface area contributed by atoms with E-state index in [1.807, 2.05) is 54.6 Å². The van der Waals surface area contributed by atoms with Crippen molar-refractivity contribution in [2.75, 3.05) is 18.9 Å². The lowest BCUT2D eigenvalue weighted by molar-refractivity contribution is -0.136. The van der Waals surface area contributed by atoms with Crippen LogP contribution in [0.25, 0.3) is 0 Å². The van der Waals surface area contributed by atoms with Crippen molar-refractivity contribution in [2.24, 2.45) is 5.92 Å². The maximum atomic E-state index is 13.9. The Balaban J connectivity index is 1.36. The third kappa shape index (κ3) is 4.23. The number of likely N-dealkylation sites (N-methyl/N-ethyl adjacent to an activating group) is 1. The largest absolute Gasteiger partial charge is 0.445 e. The molecule has 8 nitrogen and oxygen atoms in total. The van der Waals surface area contributed by atoms with Crippen LogP contribution in [0.2, 0.25) is 0 Å². The van der Waals surface area contributed by atoms with Gasteiger partial charge in [-0.1, -0.05) is 61.4 Å². The van der Waals surface area contributed by atoms with E-state index in [0.29, 0.717) is 12.3 Å². The molecule has 5 rings (SSSR count). The fourth-order valence-corrected chi connectivity index (χ4v) is 5.22. The van der Waals surface area contributed by atoms with Crippen LogP contribution in [0.3, 0.4) is 0 Å². The second-order valence-electron chi connectivity index (χ2n) is 9.74. The second kappa shape index (κ2) is 9.06. The third-order valence-electron chi connectivity index (χ3n) is 7.42. The van der Waals surface area contributed by atoms with Gasteiger partial charge in [-0.15, -0.1) is 0 Å². The molecule has 1 N–H and O–H groups in total. The van der Waals surface area contributed by atoms with Crippen molar-refractivity contribution in [3.8, 4) is 6.07 Å². The first-order valence-electron chi connectivity index (χ1n) is 12.0. The minimum atomic E-state index is -0.955. The van der Waals surface area contributed by atoms with Crippen molar-refractivity contribution in [1.29, 1.82) is 5.26 Å². The maximum absolute atomic E-state index is 13.9. The molecule has 1 spiro atoms. The van der Waals surface area contributed by atoms with E-state index in [2.05, 4.69) is 11.4 Å². The summed E-state index contributed by atoms with van der Waals surface area (Å²) >= 11 is 0. The standard InChI is InChI=1S/C27H28N4O4/c1-30(26(34)35-16-19-7-3-2-4-8-19)23(13-18-11-12-18)24(32)31-17-27(14-20(31)15-28)21-9-5-6-10-22(21)29-25(27)33/h2-10,18,20,23H,11-14,16-17H2,1H3,(H,29,33)/t20-,23?,27-/m0/s1. The molecule has 1 saturated heterocycles. The molecule has 3 aliphatic rings. The first kappa shape index (κ1) is 22.9. The van der Waals surface area contributed by atoms with Gasteiger partial charge < -0.3 is 15.0 Å². The first-order valence-corrected chi connectivity index (χ1v) is 12.0. The topological polar surface area (TPSA) is 103 Å². The number of anilines is 1. The van der Waals surface area contributed by atoms with Gasteiger partial charge in [0, 0.05) is 25.7 Å². The van der Waals surface area contributed by atoms with Gasteiger partial charge in [-0.05, 0) is 29.5 Å². The minimum Gasteiger partial charge on any atom is -0.445 e. The number of carbonyl (C=O) groups excluding carboxylic acids is 3. The van der Waals surface area contributed by atoms with Crippen LogP contribution in [0, 0.1) is 17.2 Å². The number of para-hydroxylation sites is 1. The number of nitrogens with one attached hydrogen (secondary N) is 1. The number of benzene rings is 2. The van der Waals surface area contributed by atoms with Crippen molar-refractivity contribution < 1.29 is 19.1 Å². The predicted molar refractivity (Wildman–Crippen MR) is 128 cm³/mol. The summed E-state index contributed by atoms with van der Waals surface area (Å²) in [4.78, 5) is 42.7. The molecular formula is C27H28N4O4. The molecule has 3 amide bonds. The van der Waals surface area contributed by atoms with Gasteiger partial charge in [-0.25, -0.2) is 4.79 Å². The number of nitriles is 1. The molecule has 1 saturated carbocycles. The Morgan fingerprint density at radius 1 is 1.20 bits per heavy atom. The lowest BCUT2D eigenvalue weighted by Crippen LogP contribution is -2.51. The smallest absolute Gasteiger partial charge is 0.410 e. The summed E-state index contributed by atoms with van der Waals surface area (Å²) in [5, 5.41) is 12.8. The molecule has 0 aromatic heterocycles. The van der Waals surface area contributed by atoms with Crippen molar-refractivity contribution in [3.63, 3.8) is 0 Å². The van der Waals surface area contributed by atoms with Crippen LogP contribution in [-0.4, -0.2) is 53.4 Å². The molecule has 2 aliphatic heterocycles. The van der Waals surface area contributed by atoms with Crippen molar-refractivity contribution >= 4 is 23.6 Å². The highest BCUT2D eigenvalue weighted by atomic mass is 16.6. The van der Waals surface area contributed by atoms with Crippen molar-refractivity contribution in [1.82, 2.24) is 9.80 Å². The molecule has 0 radical (unpaired) electrons. The molecule has 1 aliphatic carbocycles. The summed E-state index contributed by atoms with van der Waals surface area (Å²) in [6.07, 6.45) is 2.19. The first-order chi connectivity index (χ1) is 16.9. The quantitative estimate of drug-likeness (QED) is 0.694. The molecule has 2 heterocycles. The van der Waals surface area contributed by atoms with E-state index in [0.717, 1.165) is 29.7 Å². The summed E-state index contributed by atoms with van der Waals surface area (Å²) < 4.78 is 5.48. The Morgan fingerprint density at radius 3 is 2.63 bits per heavy atom. The normalized spacial score (nSPS) is 23.4. The fraction of sp³-hybridized carbons (Fsp3) is 0.407. The Bertz CT molecular complexity index is 1190. The van der Waals surface area contributed by atoms with E-state index >= 15 is 0 Å². The molecule has 0 bridgehead atoms. The number of rotatable bonds is 6. The summed E-state index contributed by atoms with van der Waals surface area (Å²) in [7, 11) is 1.57. The summed E-state index contributed by atoms with van der Waals surface area (Å²) in [5.74, 6) is -0.138. The van der Waals surface area contributed by atoms with Crippen LogP contribution in [0.1, 0.15) is 36.8 Å². The summed E-state index contributed by atoms with van der Waals surface area (Å²) in [6, 6.07) is 17.5. The predicted octanol–water partition coefficient (Wildman–Crippen LogP) is 3.44. The zero-order valence-corrected chi connectivity index (χ0v) is 19.6. The zero-order chi connectivity index (χ0) is 24.6. The number of fused-ring (bicyclic) bond motifs is 2. The van der Waals surface area contributed by atoms with Gasteiger partial charge in [0.1, 0.15) is 18.7 Å². The van der Waals surface area contributed by atoms with Crippen LogP contribution in [0.15, 0.2) is 54.6 Å². The molecule has 2 aromatic rings. The van der Waals surface area contributed by atoms with Gasteiger partial charge in [0.05, 0.1) is 11.5 Å². The average molecular weight is 473 g/mol. The lowest BCUT2D eigenvalue weighted by atomic mass is 9.80. The minimum absolute atomic E-state index is 0.110. The Kier molecular flexibility index (Phi) is 5.93. The van der Waals surface area contributed by atoms with Gasteiger partial charge in [-0.2, -0.15) is 5.26 Å². The van der Waals surface area contributed by atoms with E-state index in [-0.39, 0.29) is 31.4 Å². The highest BCUT2D eigenvalue weighted by Gasteiger charge is 2.57. The van der Waals surface area contributed by atoms with E-state index < -0.39 is 23.6 Å². The average Bonchev–Trinajstić information content (AvgIpc) is 3.56. The third-order valence-corrected chi connectivity index (χ3v) is 7.42. The van der Waals surface area contributed by atoms with Crippen LogP contribution < -0.4 is 5.32 Å². The number of hydrogen-bond acceptors (Lipinski definition) is 5. The molecule has 2 fully saturated rings. The van der Waals surface area contributed by atoms with Gasteiger partial charge in [0.2, 0.25) is 11.8 Å². The van der Waals surface area contributed by atoms with Crippen LogP contribution in [-0.2, 0) is 26.3 Å². The SMILES string of the molecule is CN(C(=O)OCc1ccccc1)C(CC1CC1)C(=O)N1C[C@]2(C[C@H]1C#N)C(=O)Nc1ccccc12. The molecule has 35 heavy (non-hydrogen) atoms. The second-order valence-corrected chi connectivity index (χ2v) is 9.74. The molecule has 2 aromatic carbocycles. The van der Waals surface area contributed by atoms with Gasteiger partial charge in [-0.3, -0.25) is 14.5 Å². The van der Waals surface area contributed by atoms with Crippen LogP contribution in [0.5, 0.6) is 0 Å². The number of carbonyl (C=O) groups is 3. The number of amides is 3. The Hall–Kier alpha value is -3.86. The number of nitrogens with zero attached hydrogens (tertiary/aromatic N) is 3. The van der Waals surface area contributed by atoms with Gasteiger partial charge in [0.25, 0.3) is 0 Å². The fourth-order valence-electron chi connectivity index (χ4n) is 5.22. The van der Waals surface area contributed by atoms with Gasteiger partial charge in [0.15, 0.2) is 0 Å². The Labute approximate surface area is 204 Å². The summed E-state index contributed by atoms with van der Waals surface area (Å²) in [6.45, 7) is 0.222. The van der Waals surface area contributed by atoms with Crippen LogP contribution in [0.4, 0.5) is 10.5 Å². The van der Waals surface area contributed by atoms with E-state index in [9.17, 15) is 19.6 Å². The molecule has 180 valence electrons. The van der Waals surface area contributed by atoms with Crippen molar-refractivity contribution in [2.45, 2.75) is 49.8 Å². The molecule has 8 heteroatoms.